The predicted molar refractivity (Wildman–Crippen MR) is 87.3 cm³/mol. The second kappa shape index (κ2) is 5.55. The van der Waals surface area contributed by atoms with Crippen LogP contribution in [0.15, 0.2) is 12.2 Å². The largest absolute Gasteiger partial charge is 0.456 e. The van der Waals surface area contributed by atoms with E-state index < -0.39 is 28.9 Å². The Labute approximate surface area is 147 Å². The average Bonchev–Trinajstić information content (AvgIpc) is 2.96. The molecular formula is C19H26O6. The van der Waals surface area contributed by atoms with Gasteiger partial charge >= 0.3 is 11.9 Å². The molecule has 0 aromatic carbocycles. The summed E-state index contributed by atoms with van der Waals surface area (Å²) < 4.78 is 16.8. The van der Waals surface area contributed by atoms with Gasteiger partial charge in [-0.25, -0.2) is 4.79 Å². The standard InChI is InChI=1S/C19H26O6/c1-12(2)15(20)25-19-8-13-6-17(10-19,9-18(22,7-13)11-19)16(21)24-14-4-3-5-23-14/h13-14,22H,1,3-11H2,2H3. The summed E-state index contributed by atoms with van der Waals surface area (Å²) in [6, 6.07) is 0. The highest BCUT2D eigenvalue weighted by atomic mass is 16.7. The first-order chi connectivity index (χ1) is 11.7. The minimum atomic E-state index is -0.968. The van der Waals surface area contributed by atoms with Crippen LogP contribution in [0.1, 0.15) is 58.3 Å². The van der Waals surface area contributed by atoms with Gasteiger partial charge in [-0.15, -0.1) is 0 Å². The van der Waals surface area contributed by atoms with E-state index in [0.717, 1.165) is 6.42 Å². The van der Waals surface area contributed by atoms with Crippen molar-refractivity contribution in [2.45, 2.75) is 75.8 Å². The summed E-state index contributed by atoms with van der Waals surface area (Å²) in [7, 11) is 0. The van der Waals surface area contributed by atoms with Gasteiger partial charge in [0, 0.05) is 24.8 Å². The van der Waals surface area contributed by atoms with Crippen LogP contribution < -0.4 is 0 Å². The first kappa shape index (κ1) is 17.0. The van der Waals surface area contributed by atoms with Gasteiger partial charge in [-0.05, 0) is 44.9 Å². The maximum Gasteiger partial charge on any atom is 0.333 e. The lowest BCUT2D eigenvalue weighted by atomic mass is 9.46. The summed E-state index contributed by atoms with van der Waals surface area (Å²) in [5.74, 6) is -0.595. The molecule has 4 bridgehead atoms. The lowest BCUT2D eigenvalue weighted by molar-refractivity contribution is -0.251. The van der Waals surface area contributed by atoms with Crippen LogP contribution in [0.2, 0.25) is 0 Å². The van der Waals surface area contributed by atoms with Crippen molar-refractivity contribution in [1.29, 1.82) is 0 Å². The van der Waals surface area contributed by atoms with Gasteiger partial charge in [0.1, 0.15) is 5.60 Å². The molecule has 6 heteroatoms. The molecule has 5 rings (SSSR count). The highest BCUT2D eigenvalue weighted by Crippen LogP contribution is 2.64. The van der Waals surface area contributed by atoms with Crippen molar-refractivity contribution in [1.82, 2.24) is 0 Å². The number of carbonyl (C=O) groups excluding carboxylic acids is 2. The number of hydrogen-bond acceptors (Lipinski definition) is 6. The van der Waals surface area contributed by atoms with E-state index in [4.69, 9.17) is 14.2 Å². The van der Waals surface area contributed by atoms with E-state index in [2.05, 4.69) is 6.58 Å². The van der Waals surface area contributed by atoms with Crippen LogP contribution in [0.3, 0.4) is 0 Å². The Morgan fingerprint density at radius 3 is 2.64 bits per heavy atom. The van der Waals surface area contributed by atoms with E-state index >= 15 is 0 Å². The molecule has 25 heavy (non-hydrogen) atoms. The molecular weight excluding hydrogens is 324 g/mol. The van der Waals surface area contributed by atoms with Crippen LogP contribution in [0, 0.1) is 11.3 Å². The summed E-state index contributed by atoms with van der Waals surface area (Å²) in [5.41, 5.74) is -2.21. The van der Waals surface area contributed by atoms with Crippen molar-refractivity contribution in [3.05, 3.63) is 12.2 Å². The molecule has 1 N–H and O–H groups in total. The van der Waals surface area contributed by atoms with Gasteiger partial charge in [0.2, 0.25) is 6.29 Å². The monoisotopic (exact) mass is 350 g/mol. The SMILES string of the molecule is C=C(C)C(=O)OC12CC3CC(O)(C1)CC(C(=O)OC1CCCO1)(C3)C2. The minimum absolute atomic E-state index is 0.163. The molecule has 1 heterocycles. The summed E-state index contributed by atoms with van der Waals surface area (Å²) in [6.45, 7) is 5.87. The molecule has 1 aliphatic heterocycles. The summed E-state index contributed by atoms with van der Waals surface area (Å²) in [5, 5.41) is 11.0. The van der Waals surface area contributed by atoms with E-state index in [0.29, 0.717) is 57.1 Å². The molecule has 0 aromatic rings. The Hall–Kier alpha value is -1.40. The van der Waals surface area contributed by atoms with Crippen molar-refractivity contribution in [3.8, 4) is 0 Å². The zero-order valence-electron chi connectivity index (χ0n) is 14.7. The molecule has 138 valence electrons. The molecule has 0 radical (unpaired) electrons. The number of carbonyl (C=O) groups is 2. The third-order valence-corrected chi connectivity index (χ3v) is 6.21. The van der Waals surface area contributed by atoms with Crippen LogP contribution >= 0.6 is 0 Å². The quantitative estimate of drug-likeness (QED) is 0.618. The number of hydrogen-bond donors (Lipinski definition) is 1. The molecule has 5 fully saturated rings. The Bertz CT molecular complexity index is 623. The Morgan fingerprint density at radius 2 is 2.00 bits per heavy atom. The molecule has 4 saturated carbocycles. The fraction of sp³-hybridized carbons (Fsp3) is 0.789. The molecule has 5 aliphatic rings. The van der Waals surface area contributed by atoms with Crippen LogP contribution in [0.25, 0.3) is 0 Å². The normalized spacial score (nSPS) is 44.6. The van der Waals surface area contributed by atoms with Gasteiger partial charge in [0.25, 0.3) is 0 Å². The van der Waals surface area contributed by atoms with E-state index in [9.17, 15) is 14.7 Å². The number of esters is 2. The first-order valence-corrected chi connectivity index (χ1v) is 9.17. The molecule has 6 nitrogen and oxygen atoms in total. The first-order valence-electron chi connectivity index (χ1n) is 9.17. The van der Waals surface area contributed by atoms with Crippen molar-refractivity contribution in [2.75, 3.05) is 6.61 Å². The highest BCUT2D eigenvalue weighted by molar-refractivity contribution is 5.87. The van der Waals surface area contributed by atoms with Gasteiger partial charge in [0.15, 0.2) is 0 Å². The Balaban J connectivity index is 1.59. The van der Waals surface area contributed by atoms with Crippen molar-refractivity contribution in [3.63, 3.8) is 0 Å². The van der Waals surface area contributed by atoms with Crippen LogP contribution in [0.5, 0.6) is 0 Å². The lowest BCUT2D eigenvalue weighted by Gasteiger charge is -2.62. The lowest BCUT2D eigenvalue weighted by Crippen LogP contribution is -2.66. The van der Waals surface area contributed by atoms with Crippen LogP contribution in [-0.2, 0) is 23.8 Å². The van der Waals surface area contributed by atoms with Gasteiger partial charge in [-0.3, -0.25) is 4.79 Å². The summed E-state index contributed by atoms with van der Waals surface area (Å²) in [4.78, 5) is 25.1. The van der Waals surface area contributed by atoms with Crippen LogP contribution in [-0.4, -0.2) is 41.1 Å². The van der Waals surface area contributed by atoms with Crippen molar-refractivity contribution < 1.29 is 28.9 Å². The number of aliphatic hydroxyl groups is 1. The van der Waals surface area contributed by atoms with E-state index in [1.54, 1.807) is 6.92 Å². The van der Waals surface area contributed by atoms with Gasteiger partial charge in [-0.1, -0.05) is 6.58 Å². The van der Waals surface area contributed by atoms with Gasteiger partial charge in [0.05, 0.1) is 17.6 Å². The summed E-state index contributed by atoms with van der Waals surface area (Å²) >= 11 is 0. The fourth-order valence-electron chi connectivity index (χ4n) is 5.81. The maximum absolute atomic E-state index is 13.0. The van der Waals surface area contributed by atoms with E-state index in [1.807, 2.05) is 0 Å². The van der Waals surface area contributed by atoms with Gasteiger partial charge in [-0.2, -0.15) is 0 Å². The zero-order chi connectivity index (χ0) is 17.9. The van der Waals surface area contributed by atoms with Crippen molar-refractivity contribution >= 4 is 11.9 Å². The maximum atomic E-state index is 13.0. The summed E-state index contributed by atoms with van der Waals surface area (Å²) in [6.07, 6.45) is 4.36. The molecule has 0 amide bonds. The zero-order valence-corrected chi connectivity index (χ0v) is 14.7. The fourth-order valence-corrected chi connectivity index (χ4v) is 5.81. The molecule has 1 saturated heterocycles. The second-order valence-electron chi connectivity index (χ2n) is 8.71. The molecule has 0 spiro atoms. The second-order valence-corrected chi connectivity index (χ2v) is 8.71. The highest BCUT2D eigenvalue weighted by Gasteiger charge is 2.68. The van der Waals surface area contributed by atoms with Crippen molar-refractivity contribution in [2.24, 2.45) is 11.3 Å². The Kier molecular flexibility index (Phi) is 3.78. The smallest absolute Gasteiger partial charge is 0.333 e. The molecule has 5 atom stereocenters. The third-order valence-electron chi connectivity index (χ3n) is 6.21. The van der Waals surface area contributed by atoms with Gasteiger partial charge < -0.3 is 19.3 Å². The average molecular weight is 350 g/mol. The topological polar surface area (TPSA) is 82.1 Å². The number of rotatable bonds is 4. The molecule has 5 unspecified atom stereocenters. The third kappa shape index (κ3) is 2.89. The molecule has 4 aliphatic carbocycles. The Morgan fingerprint density at radius 1 is 1.20 bits per heavy atom. The predicted octanol–water partition coefficient (Wildman–Crippen LogP) is 2.24. The molecule has 0 aromatic heterocycles. The van der Waals surface area contributed by atoms with E-state index in [1.165, 1.54) is 0 Å². The van der Waals surface area contributed by atoms with E-state index in [-0.39, 0.29) is 11.9 Å². The number of ether oxygens (including phenoxy) is 3. The van der Waals surface area contributed by atoms with Crippen LogP contribution in [0.4, 0.5) is 0 Å². The minimum Gasteiger partial charge on any atom is -0.456 e.